The predicted octanol–water partition coefficient (Wildman–Crippen LogP) is 3.78. The number of hydrogen-bond donors (Lipinski definition) is 0. The zero-order chi connectivity index (χ0) is 16.6. The van der Waals surface area contributed by atoms with Crippen LogP contribution in [0.25, 0.3) is 0 Å². The van der Waals surface area contributed by atoms with E-state index in [2.05, 4.69) is 15.9 Å². The van der Waals surface area contributed by atoms with Crippen LogP contribution in [0, 0.1) is 0 Å². The molecule has 1 atom stereocenters. The topological polar surface area (TPSA) is 54.5 Å². The number of thiophene rings is 1. The highest BCUT2D eigenvalue weighted by Gasteiger charge is 2.36. The van der Waals surface area contributed by atoms with Gasteiger partial charge in [-0.1, -0.05) is 17.7 Å². The Balaban J connectivity index is 1.86. The number of benzene rings is 1. The molecule has 1 aliphatic rings. The zero-order valence-corrected chi connectivity index (χ0v) is 15.9. The van der Waals surface area contributed by atoms with Crippen molar-refractivity contribution in [2.45, 2.75) is 5.25 Å². The van der Waals surface area contributed by atoms with E-state index in [0.717, 1.165) is 4.88 Å². The number of carbonyl (C=O) groups excluding carboxylic acids is 1. The van der Waals surface area contributed by atoms with Crippen LogP contribution >= 0.6 is 38.9 Å². The molecule has 1 aromatic carbocycles. The average Bonchev–Trinajstić information content (AvgIpc) is 3.03. The van der Waals surface area contributed by atoms with Crippen molar-refractivity contribution >= 4 is 54.6 Å². The van der Waals surface area contributed by atoms with Gasteiger partial charge in [0.25, 0.3) is 5.91 Å². The van der Waals surface area contributed by atoms with Crippen molar-refractivity contribution in [3.8, 4) is 0 Å². The van der Waals surface area contributed by atoms with E-state index in [1.54, 1.807) is 29.2 Å². The maximum atomic E-state index is 12.6. The third kappa shape index (κ3) is 3.47. The van der Waals surface area contributed by atoms with Crippen LogP contribution in [0.1, 0.15) is 20.5 Å². The van der Waals surface area contributed by atoms with E-state index in [1.165, 1.54) is 11.3 Å². The summed E-state index contributed by atoms with van der Waals surface area (Å²) in [6.45, 7) is 0.381. The van der Waals surface area contributed by atoms with Crippen molar-refractivity contribution in [1.29, 1.82) is 0 Å². The van der Waals surface area contributed by atoms with Crippen LogP contribution in [0.4, 0.5) is 0 Å². The van der Waals surface area contributed by atoms with E-state index >= 15 is 0 Å². The van der Waals surface area contributed by atoms with E-state index in [1.807, 2.05) is 11.4 Å². The maximum absolute atomic E-state index is 12.6. The molecule has 1 fully saturated rings. The van der Waals surface area contributed by atoms with Gasteiger partial charge in [0.2, 0.25) is 0 Å². The van der Waals surface area contributed by atoms with Crippen molar-refractivity contribution in [2.75, 3.05) is 18.8 Å². The van der Waals surface area contributed by atoms with Crippen molar-refractivity contribution < 1.29 is 13.2 Å². The lowest BCUT2D eigenvalue weighted by Gasteiger charge is -2.32. The van der Waals surface area contributed by atoms with Gasteiger partial charge in [0, 0.05) is 28.0 Å². The average molecular weight is 435 g/mol. The highest BCUT2D eigenvalue weighted by atomic mass is 79.9. The van der Waals surface area contributed by atoms with Crippen LogP contribution in [0.15, 0.2) is 40.2 Å². The van der Waals surface area contributed by atoms with Crippen molar-refractivity contribution in [3.63, 3.8) is 0 Å². The second-order valence-corrected chi connectivity index (χ2v) is 9.79. The fourth-order valence-corrected chi connectivity index (χ4v) is 5.85. The van der Waals surface area contributed by atoms with Crippen molar-refractivity contribution in [2.24, 2.45) is 0 Å². The molecule has 0 aliphatic carbocycles. The quantitative estimate of drug-likeness (QED) is 0.723. The van der Waals surface area contributed by atoms with E-state index in [9.17, 15) is 13.2 Å². The van der Waals surface area contributed by atoms with Gasteiger partial charge in [-0.3, -0.25) is 4.79 Å². The summed E-state index contributed by atoms with van der Waals surface area (Å²) in [5, 5.41) is 1.65. The molecular formula is C15H13BrClNO3S2. The second-order valence-electron chi connectivity index (χ2n) is 5.25. The Labute approximate surface area is 152 Å². The largest absolute Gasteiger partial charge is 0.336 e. The van der Waals surface area contributed by atoms with Crippen molar-refractivity contribution in [3.05, 3.63) is 55.6 Å². The lowest BCUT2D eigenvalue weighted by Crippen LogP contribution is -2.45. The predicted molar refractivity (Wildman–Crippen MR) is 95.9 cm³/mol. The first-order valence-corrected chi connectivity index (χ1v) is 10.6. The van der Waals surface area contributed by atoms with E-state index in [0.29, 0.717) is 15.1 Å². The Bertz CT molecular complexity index is 836. The Hall–Kier alpha value is -0.890. The number of rotatable bonds is 2. The smallest absolute Gasteiger partial charge is 0.253 e. The molecule has 0 unspecified atom stereocenters. The van der Waals surface area contributed by atoms with Crippen LogP contribution in [0.3, 0.4) is 0 Å². The Morgan fingerprint density at radius 3 is 2.78 bits per heavy atom. The standard InChI is InChI=1S/C15H13BrClNO3S2/c16-11-4-3-10(8-12(11)17)15(19)18-5-7-23(20,21)14(9-18)13-2-1-6-22-13/h1-4,6,8,14H,5,7,9H2/t14-/m1/s1. The Morgan fingerprint density at radius 2 is 2.13 bits per heavy atom. The van der Waals surface area contributed by atoms with Crippen LogP contribution in [0.5, 0.6) is 0 Å². The summed E-state index contributed by atoms with van der Waals surface area (Å²) < 4.78 is 25.4. The zero-order valence-electron chi connectivity index (χ0n) is 11.9. The summed E-state index contributed by atoms with van der Waals surface area (Å²) in [4.78, 5) is 15.0. The number of amides is 1. The molecule has 1 aliphatic heterocycles. The molecule has 1 saturated heterocycles. The molecule has 1 amide bonds. The van der Waals surface area contributed by atoms with Gasteiger partial charge in [-0.15, -0.1) is 11.3 Å². The minimum absolute atomic E-state index is 0.0223. The molecule has 2 aromatic rings. The van der Waals surface area contributed by atoms with Gasteiger partial charge in [0.15, 0.2) is 9.84 Å². The molecule has 0 saturated carbocycles. The molecule has 1 aromatic heterocycles. The van der Waals surface area contributed by atoms with Gasteiger partial charge in [-0.25, -0.2) is 8.42 Å². The van der Waals surface area contributed by atoms with Gasteiger partial charge < -0.3 is 4.90 Å². The minimum atomic E-state index is -3.23. The van der Waals surface area contributed by atoms with Crippen LogP contribution in [-0.2, 0) is 9.84 Å². The summed E-state index contributed by atoms with van der Waals surface area (Å²) in [6.07, 6.45) is 0. The molecule has 0 N–H and O–H groups in total. The highest BCUT2D eigenvalue weighted by Crippen LogP contribution is 2.32. The third-order valence-electron chi connectivity index (χ3n) is 3.78. The third-order valence-corrected chi connectivity index (χ3v) is 8.17. The lowest BCUT2D eigenvalue weighted by atomic mass is 10.2. The molecule has 23 heavy (non-hydrogen) atoms. The van der Waals surface area contributed by atoms with E-state index < -0.39 is 15.1 Å². The number of nitrogens with zero attached hydrogens (tertiary/aromatic N) is 1. The van der Waals surface area contributed by atoms with E-state index in [-0.39, 0.29) is 24.7 Å². The molecule has 0 bridgehead atoms. The number of carbonyl (C=O) groups is 1. The van der Waals surface area contributed by atoms with Crippen molar-refractivity contribution in [1.82, 2.24) is 4.90 Å². The molecule has 3 rings (SSSR count). The molecule has 0 radical (unpaired) electrons. The SMILES string of the molecule is O=C(c1ccc(Br)c(Cl)c1)N1CCS(=O)(=O)[C@@H](c2cccs2)C1. The highest BCUT2D eigenvalue weighted by molar-refractivity contribution is 9.10. The monoisotopic (exact) mass is 433 g/mol. The van der Waals surface area contributed by atoms with Gasteiger partial charge in [-0.2, -0.15) is 0 Å². The fourth-order valence-electron chi connectivity index (χ4n) is 2.52. The fraction of sp³-hybridized carbons (Fsp3) is 0.267. The summed E-state index contributed by atoms with van der Waals surface area (Å²) in [5.41, 5.74) is 0.461. The molecule has 8 heteroatoms. The molecule has 0 spiro atoms. The van der Waals surface area contributed by atoms with Crippen LogP contribution in [-0.4, -0.2) is 38.1 Å². The first-order valence-electron chi connectivity index (χ1n) is 6.88. The normalized spacial score (nSPS) is 20.4. The number of hydrogen-bond acceptors (Lipinski definition) is 4. The molecule has 2 heterocycles. The second kappa shape index (κ2) is 6.55. The molecule has 4 nitrogen and oxygen atoms in total. The molecular weight excluding hydrogens is 422 g/mol. The Morgan fingerprint density at radius 1 is 1.35 bits per heavy atom. The number of sulfone groups is 1. The summed E-state index contributed by atoms with van der Waals surface area (Å²) in [7, 11) is -3.23. The first-order chi connectivity index (χ1) is 10.9. The molecule has 122 valence electrons. The summed E-state index contributed by atoms with van der Waals surface area (Å²) in [6, 6.07) is 8.62. The number of halogens is 2. The van der Waals surface area contributed by atoms with Crippen LogP contribution < -0.4 is 0 Å². The lowest BCUT2D eigenvalue weighted by molar-refractivity contribution is 0.0758. The van der Waals surface area contributed by atoms with Crippen LogP contribution in [0.2, 0.25) is 5.02 Å². The Kier molecular flexibility index (Phi) is 4.83. The summed E-state index contributed by atoms with van der Waals surface area (Å²) >= 11 is 10.7. The maximum Gasteiger partial charge on any atom is 0.253 e. The first kappa shape index (κ1) is 17.0. The van der Waals surface area contributed by atoms with Gasteiger partial charge >= 0.3 is 0 Å². The van der Waals surface area contributed by atoms with Gasteiger partial charge in [0.05, 0.1) is 10.8 Å². The minimum Gasteiger partial charge on any atom is -0.336 e. The van der Waals surface area contributed by atoms with E-state index in [4.69, 9.17) is 11.6 Å². The van der Waals surface area contributed by atoms with Gasteiger partial charge in [-0.05, 0) is 45.6 Å². The summed E-state index contributed by atoms with van der Waals surface area (Å²) in [5.74, 6) is -0.221. The van der Waals surface area contributed by atoms with Gasteiger partial charge in [0.1, 0.15) is 5.25 Å².